The average molecular weight is 977 g/mol. The number of likely N-dealkylation sites (N-methyl/N-ethyl adjacent to an activating group) is 1. The second-order valence-corrected chi connectivity index (χ2v) is 20.2. The highest BCUT2D eigenvalue weighted by Crippen LogP contribution is 2.43. The number of rotatable bonds is 20. The molecule has 0 bridgehead atoms. The van der Waals surface area contributed by atoms with Crippen LogP contribution < -0.4 is 20.1 Å². The van der Waals surface area contributed by atoms with E-state index in [4.69, 9.17) is 23.7 Å². The maximum atomic E-state index is 14.2. The molecule has 5 amide bonds. The number of amides is 5. The van der Waals surface area contributed by atoms with Gasteiger partial charge in [0.2, 0.25) is 5.91 Å². The Hall–Kier alpha value is -6.39. The summed E-state index contributed by atoms with van der Waals surface area (Å²) in [5.41, 5.74) is 2.76. The average Bonchev–Trinajstić information content (AvgIpc) is 4.06. The normalized spacial score (nSPS) is 19.8. The van der Waals surface area contributed by atoms with Gasteiger partial charge in [-0.05, 0) is 76.9 Å². The molecule has 15 nitrogen and oxygen atoms in total. The van der Waals surface area contributed by atoms with E-state index in [1.54, 1.807) is 43.0 Å². The molecule has 4 aromatic rings. The van der Waals surface area contributed by atoms with Crippen LogP contribution in [0.4, 0.5) is 9.59 Å². The minimum atomic E-state index is -1.19. The maximum Gasteiger partial charge on any atom is 0.509 e. The Bertz CT molecular complexity index is 2420. The summed E-state index contributed by atoms with van der Waals surface area (Å²) >= 11 is 1.74. The number of carbonyl (C=O) groups excluding carboxylic acids is 6. The number of nitrogens with one attached hydrogen (secondary N) is 2. The Balaban J connectivity index is 0.987. The number of unbranched alkanes of at least 4 members (excludes halogenated alkanes) is 1. The first-order chi connectivity index (χ1) is 33.6. The standard InChI is InChI=1S/C54H64N4O11S/c1-53(2,3)36-18-16-35(17-19-36)50(62)58-45-34-70-46(49(45)56-51(58)63)15-11-10-14-41(59)24-29-48(61)57-31-44(69-52(64)67-33-47(60)55-4)30-40(57)32-68-54(37-12-8-7-9-13-37,38-20-25-42(65-5)26-21-38)39-22-27-43(66-6)28-23-39/h7-9,12-13,16-23,25-28,40,44-46,49H,10-11,14-15,24,29-34H2,1-6H3,(H,55,60)(H,56,63)/t40-,44+,45-,46-,49-/m0/s1. The molecule has 4 aromatic carbocycles. The smallest absolute Gasteiger partial charge is 0.497 e. The number of ether oxygens (including phenoxy) is 5. The number of likely N-dealkylation sites (tertiary alicyclic amines) is 1. The molecule has 0 aromatic heterocycles. The van der Waals surface area contributed by atoms with Crippen LogP contribution in [0.25, 0.3) is 0 Å². The number of methoxy groups -OCH3 is 2. The molecule has 372 valence electrons. The van der Waals surface area contributed by atoms with Crippen molar-refractivity contribution < 1.29 is 52.5 Å². The van der Waals surface area contributed by atoms with Gasteiger partial charge in [0.05, 0.1) is 45.5 Å². The van der Waals surface area contributed by atoms with Crippen molar-refractivity contribution in [3.63, 3.8) is 0 Å². The van der Waals surface area contributed by atoms with Crippen molar-refractivity contribution >= 4 is 47.5 Å². The maximum absolute atomic E-state index is 14.2. The van der Waals surface area contributed by atoms with Gasteiger partial charge in [-0.1, -0.05) is 93.9 Å². The lowest BCUT2D eigenvalue weighted by molar-refractivity contribution is -0.136. The number of hydrogen-bond acceptors (Lipinski definition) is 12. The zero-order chi connectivity index (χ0) is 50.0. The minimum absolute atomic E-state index is 0.0116. The molecule has 0 spiro atoms. The van der Waals surface area contributed by atoms with Gasteiger partial charge < -0.3 is 39.2 Å². The summed E-state index contributed by atoms with van der Waals surface area (Å²) in [5, 5.41) is 5.56. The van der Waals surface area contributed by atoms with E-state index in [1.165, 1.54) is 11.9 Å². The van der Waals surface area contributed by atoms with Gasteiger partial charge in [0.25, 0.3) is 11.8 Å². The second-order valence-electron chi connectivity index (χ2n) is 18.9. The topological polar surface area (TPSA) is 179 Å². The molecule has 0 saturated carbocycles. The lowest BCUT2D eigenvalue weighted by Crippen LogP contribution is -2.42. The van der Waals surface area contributed by atoms with Crippen LogP contribution >= 0.6 is 11.8 Å². The predicted octanol–water partition coefficient (Wildman–Crippen LogP) is 7.81. The molecule has 3 saturated heterocycles. The third-order valence-electron chi connectivity index (χ3n) is 13.4. The third kappa shape index (κ3) is 12.0. The first-order valence-corrected chi connectivity index (χ1v) is 24.9. The van der Waals surface area contributed by atoms with E-state index in [9.17, 15) is 28.8 Å². The lowest BCUT2D eigenvalue weighted by atomic mass is 9.80. The molecule has 3 heterocycles. The fourth-order valence-corrected chi connectivity index (χ4v) is 11.1. The number of fused-ring (bicyclic) bond motifs is 1. The number of nitrogens with zero attached hydrogens (tertiary/aromatic N) is 2. The first-order valence-electron chi connectivity index (χ1n) is 23.8. The van der Waals surface area contributed by atoms with Gasteiger partial charge in [-0.3, -0.25) is 24.1 Å². The zero-order valence-electron chi connectivity index (χ0n) is 40.8. The Morgan fingerprint density at radius 3 is 1.99 bits per heavy atom. The summed E-state index contributed by atoms with van der Waals surface area (Å²) in [6, 6.07) is 31.0. The van der Waals surface area contributed by atoms with E-state index in [1.807, 2.05) is 91.0 Å². The molecule has 2 N–H and O–H groups in total. The van der Waals surface area contributed by atoms with Gasteiger partial charge in [-0.25, -0.2) is 9.59 Å². The van der Waals surface area contributed by atoms with Crippen LogP contribution in [-0.2, 0) is 39.6 Å². The van der Waals surface area contributed by atoms with E-state index < -0.39 is 36.4 Å². The van der Waals surface area contributed by atoms with Crippen molar-refractivity contribution in [2.24, 2.45) is 0 Å². The van der Waals surface area contributed by atoms with Gasteiger partial charge in [0, 0.05) is 49.3 Å². The van der Waals surface area contributed by atoms with Gasteiger partial charge in [-0.15, -0.1) is 0 Å². The summed E-state index contributed by atoms with van der Waals surface area (Å²) in [6.45, 7) is 5.85. The molecule has 0 aliphatic carbocycles. The van der Waals surface area contributed by atoms with Gasteiger partial charge in [0.1, 0.15) is 29.0 Å². The summed E-state index contributed by atoms with van der Waals surface area (Å²) in [7, 11) is 4.62. The highest BCUT2D eigenvalue weighted by molar-refractivity contribution is 8.00. The highest BCUT2D eigenvalue weighted by Gasteiger charge is 2.50. The number of thioether (sulfide) groups is 1. The Morgan fingerprint density at radius 1 is 0.771 bits per heavy atom. The molecule has 0 radical (unpaired) electrons. The first kappa shape index (κ1) is 51.5. The van der Waals surface area contributed by atoms with E-state index >= 15 is 0 Å². The summed E-state index contributed by atoms with van der Waals surface area (Å²) in [6.07, 6.45) is 0.781. The van der Waals surface area contributed by atoms with Crippen molar-refractivity contribution in [1.82, 2.24) is 20.4 Å². The molecule has 3 aliphatic heterocycles. The molecule has 7 rings (SSSR count). The Labute approximate surface area is 414 Å². The van der Waals surface area contributed by atoms with Crippen LogP contribution in [0.15, 0.2) is 103 Å². The molecule has 5 atom stereocenters. The SMILES string of the molecule is CNC(=O)COC(=O)O[C@@H]1C[C@@H](COC(c2ccccc2)(c2ccc(OC)cc2)c2ccc(OC)cc2)N(C(=O)CCC(=O)CCCC[C@@H]2SC[C@H]3[C@@H]2NC(=O)N3C(=O)c2ccc(C(C)(C)C)cc2)C1. The van der Waals surface area contributed by atoms with Crippen LogP contribution in [0.2, 0.25) is 0 Å². The van der Waals surface area contributed by atoms with E-state index in [2.05, 4.69) is 31.4 Å². The lowest BCUT2D eigenvalue weighted by Gasteiger charge is -2.38. The van der Waals surface area contributed by atoms with Crippen LogP contribution in [0.3, 0.4) is 0 Å². The summed E-state index contributed by atoms with van der Waals surface area (Å²) in [5.74, 6) is 0.825. The number of carbonyl (C=O) groups is 6. The molecule has 3 fully saturated rings. The monoisotopic (exact) mass is 976 g/mol. The molecule has 70 heavy (non-hydrogen) atoms. The van der Waals surface area contributed by atoms with E-state index in [-0.39, 0.29) is 78.8 Å². The number of benzene rings is 4. The second kappa shape index (κ2) is 23.0. The Morgan fingerprint density at radius 2 is 1.39 bits per heavy atom. The number of Topliss-reactive ketones (excluding diaryl/α,β-unsaturated/α-hetero) is 1. The summed E-state index contributed by atoms with van der Waals surface area (Å²) in [4.78, 5) is 81.7. The van der Waals surface area contributed by atoms with E-state index in [0.29, 0.717) is 35.7 Å². The van der Waals surface area contributed by atoms with Crippen molar-refractivity contribution in [3.05, 3.63) is 131 Å². The van der Waals surface area contributed by atoms with Crippen LogP contribution in [0.5, 0.6) is 11.5 Å². The zero-order valence-corrected chi connectivity index (χ0v) is 41.6. The Kier molecular flexibility index (Phi) is 16.9. The fraction of sp³-hybridized carbons (Fsp3) is 0.444. The van der Waals surface area contributed by atoms with Crippen molar-refractivity contribution in [3.8, 4) is 11.5 Å². The van der Waals surface area contributed by atoms with Gasteiger partial charge >= 0.3 is 12.2 Å². The predicted molar refractivity (Wildman–Crippen MR) is 265 cm³/mol. The molecular formula is C54H64N4O11S. The quantitative estimate of drug-likeness (QED) is 0.0381. The number of hydrogen-bond donors (Lipinski definition) is 2. The van der Waals surface area contributed by atoms with Crippen LogP contribution in [-0.4, -0.2) is 122 Å². The molecular weight excluding hydrogens is 913 g/mol. The molecule has 3 aliphatic rings. The van der Waals surface area contributed by atoms with Crippen molar-refractivity contribution in [2.75, 3.05) is 46.8 Å². The van der Waals surface area contributed by atoms with Crippen molar-refractivity contribution in [1.29, 1.82) is 0 Å². The minimum Gasteiger partial charge on any atom is -0.497 e. The van der Waals surface area contributed by atoms with E-state index in [0.717, 1.165) is 35.1 Å². The van der Waals surface area contributed by atoms with Gasteiger partial charge in [0.15, 0.2) is 6.61 Å². The highest BCUT2D eigenvalue weighted by atomic mass is 32.2. The molecule has 0 unspecified atom stereocenters. The number of ketones is 1. The fourth-order valence-electron chi connectivity index (χ4n) is 9.49. The largest absolute Gasteiger partial charge is 0.509 e. The molecule has 16 heteroatoms. The van der Waals surface area contributed by atoms with Crippen molar-refractivity contribution in [2.45, 2.75) is 106 Å². The third-order valence-corrected chi connectivity index (χ3v) is 14.9. The number of urea groups is 1. The summed E-state index contributed by atoms with van der Waals surface area (Å²) < 4.78 is 28.8. The van der Waals surface area contributed by atoms with Gasteiger partial charge in [-0.2, -0.15) is 11.8 Å². The number of imide groups is 1. The van der Waals surface area contributed by atoms with Crippen LogP contribution in [0, 0.1) is 0 Å². The van der Waals surface area contributed by atoms with Crippen LogP contribution in [0.1, 0.15) is 98.3 Å².